The third-order valence-corrected chi connectivity index (χ3v) is 3.55. The molecule has 2 aromatic heterocycles. The second-order valence-corrected chi connectivity index (χ2v) is 5.48. The Bertz CT molecular complexity index is 955. The van der Waals surface area contributed by atoms with E-state index in [-0.39, 0.29) is 12.4 Å². The van der Waals surface area contributed by atoms with Gasteiger partial charge in [0.15, 0.2) is 12.2 Å². The Morgan fingerprint density at radius 3 is 2.88 bits per heavy atom. The minimum absolute atomic E-state index is 0.0557. The van der Waals surface area contributed by atoms with Crippen molar-refractivity contribution in [2.24, 2.45) is 7.05 Å². The Balaban J connectivity index is 1.78. The number of aromatic amines is 1. The number of halogens is 3. The van der Waals surface area contributed by atoms with Crippen LogP contribution in [0.5, 0.6) is 5.88 Å². The summed E-state index contributed by atoms with van der Waals surface area (Å²) in [5.74, 6) is -0.502. The van der Waals surface area contributed by atoms with Crippen LogP contribution in [0.2, 0.25) is 0 Å². The van der Waals surface area contributed by atoms with Gasteiger partial charge in [-0.1, -0.05) is 0 Å². The Kier molecular flexibility index (Phi) is 4.19. The number of H-pyrrole nitrogens is 1. The van der Waals surface area contributed by atoms with Gasteiger partial charge in [-0.05, 0) is 25.1 Å². The molecule has 10 heteroatoms. The smallest absolute Gasteiger partial charge is 0.422 e. The van der Waals surface area contributed by atoms with E-state index >= 15 is 0 Å². The Morgan fingerprint density at radius 2 is 2.16 bits per heavy atom. The summed E-state index contributed by atoms with van der Waals surface area (Å²) in [4.78, 5) is 13.7. The molecule has 0 aliphatic rings. The monoisotopic (exact) mass is 356 g/mol. The van der Waals surface area contributed by atoms with Crippen molar-refractivity contribution in [1.82, 2.24) is 14.8 Å². The van der Waals surface area contributed by atoms with Crippen molar-refractivity contribution in [3.63, 3.8) is 0 Å². The highest BCUT2D eigenvalue weighted by Gasteiger charge is 2.30. The van der Waals surface area contributed by atoms with Gasteiger partial charge in [0.1, 0.15) is 0 Å². The summed E-state index contributed by atoms with van der Waals surface area (Å²) in [6.07, 6.45) is -4.43. The fraction of sp³-hybridized carbons (Fsp3) is 0.333. The van der Waals surface area contributed by atoms with E-state index in [1.807, 2.05) is 0 Å². The zero-order chi connectivity index (χ0) is 18.2. The molecular weight excluding hydrogens is 341 g/mol. The molecule has 0 amide bonds. The molecule has 2 heterocycles. The van der Waals surface area contributed by atoms with Gasteiger partial charge in [-0.2, -0.15) is 18.3 Å². The first kappa shape index (κ1) is 16.9. The maximum Gasteiger partial charge on any atom is 0.422 e. The van der Waals surface area contributed by atoms with Crippen LogP contribution in [0.25, 0.3) is 11.1 Å². The van der Waals surface area contributed by atoms with E-state index in [1.165, 1.54) is 11.7 Å². The second-order valence-electron chi connectivity index (χ2n) is 5.48. The molecule has 0 saturated heterocycles. The maximum absolute atomic E-state index is 12.4. The predicted octanol–water partition coefficient (Wildman–Crippen LogP) is 2.72. The Morgan fingerprint density at radius 1 is 1.40 bits per heavy atom. The van der Waals surface area contributed by atoms with Gasteiger partial charge in [0.05, 0.1) is 16.8 Å². The standard InChI is InChI=1S/C15H15F3N4O3/c1-8-10(13(22(2)21-8)24-7-15(16,17)18)6-19-9-3-4-12-11(5-9)20-14(23)25-12/h3-5,19H,6-7H2,1-2H3,(H,20,23). The fourth-order valence-corrected chi connectivity index (χ4v) is 2.47. The number of hydrogen-bond acceptors (Lipinski definition) is 5. The molecular formula is C15H15F3N4O3. The highest BCUT2D eigenvalue weighted by molar-refractivity contribution is 5.76. The molecule has 0 fully saturated rings. The van der Waals surface area contributed by atoms with Crippen molar-refractivity contribution in [2.45, 2.75) is 19.6 Å². The Labute approximate surface area is 139 Å². The molecule has 0 unspecified atom stereocenters. The van der Waals surface area contributed by atoms with Gasteiger partial charge in [-0.25, -0.2) is 9.48 Å². The molecule has 3 rings (SSSR count). The lowest BCUT2D eigenvalue weighted by Gasteiger charge is -2.12. The van der Waals surface area contributed by atoms with Crippen molar-refractivity contribution in [3.05, 3.63) is 40.0 Å². The van der Waals surface area contributed by atoms with E-state index in [2.05, 4.69) is 15.4 Å². The first-order chi connectivity index (χ1) is 11.7. The molecule has 0 aliphatic carbocycles. The third-order valence-electron chi connectivity index (χ3n) is 3.55. The van der Waals surface area contributed by atoms with Gasteiger partial charge < -0.3 is 14.5 Å². The SMILES string of the molecule is Cc1nn(C)c(OCC(F)(F)F)c1CNc1ccc2oc(=O)[nH]c2c1. The molecule has 7 nitrogen and oxygen atoms in total. The largest absolute Gasteiger partial charge is 0.468 e. The molecule has 0 spiro atoms. The number of alkyl halides is 3. The van der Waals surface area contributed by atoms with Crippen molar-refractivity contribution in [3.8, 4) is 5.88 Å². The molecule has 25 heavy (non-hydrogen) atoms. The van der Waals surface area contributed by atoms with E-state index in [0.29, 0.717) is 28.0 Å². The van der Waals surface area contributed by atoms with Crippen molar-refractivity contribution in [2.75, 3.05) is 11.9 Å². The van der Waals surface area contributed by atoms with Gasteiger partial charge in [-0.15, -0.1) is 0 Å². The minimum Gasteiger partial charge on any atom is -0.468 e. The minimum atomic E-state index is -4.43. The highest BCUT2D eigenvalue weighted by atomic mass is 19.4. The molecule has 0 radical (unpaired) electrons. The number of oxazole rings is 1. The third kappa shape index (κ3) is 3.78. The molecule has 0 aliphatic heterocycles. The second kappa shape index (κ2) is 6.19. The van der Waals surface area contributed by atoms with Crippen molar-refractivity contribution >= 4 is 16.8 Å². The lowest BCUT2D eigenvalue weighted by Crippen LogP contribution is -2.21. The number of nitrogens with one attached hydrogen (secondary N) is 2. The van der Waals surface area contributed by atoms with Crippen LogP contribution in [-0.2, 0) is 13.6 Å². The summed E-state index contributed by atoms with van der Waals surface area (Å²) in [6.45, 7) is 0.510. The van der Waals surface area contributed by atoms with Gasteiger partial charge in [-0.3, -0.25) is 4.98 Å². The normalized spacial score (nSPS) is 11.9. The number of rotatable bonds is 5. The summed E-state index contributed by atoms with van der Waals surface area (Å²) >= 11 is 0. The van der Waals surface area contributed by atoms with Gasteiger partial charge >= 0.3 is 11.9 Å². The number of aromatic nitrogens is 3. The Hall–Kier alpha value is -2.91. The number of aryl methyl sites for hydroxylation is 2. The summed E-state index contributed by atoms with van der Waals surface area (Å²) in [5, 5.41) is 7.17. The predicted molar refractivity (Wildman–Crippen MR) is 83.7 cm³/mol. The maximum atomic E-state index is 12.4. The van der Waals surface area contributed by atoms with Gasteiger partial charge in [0.25, 0.3) is 0 Å². The van der Waals surface area contributed by atoms with Crippen LogP contribution in [-0.4, -0.2) is 27.5 Å². The van der Waals surface area contributed by atoms with Crippen LogP contribution in [0.15, 0.2) is 27.4 Å². The number of nitrogens with zero attached hydrogens (tertiary/aromatic N) is 2. The van der Waals surface area contributed by atoms with E-state index in [1.54, 1.807) is 25.1 Å². The van der Waals surface area contributed by atoms with E-state index in [4.69, 9.17) is 9.15 Å². The summed E-state index contributed by atoms with van der Waals surface area (Å²) < 4.78 is 48.3. The van der Waals surface area contributed by atoms with Gasteiger partial charge in [0.2, 0.25) is 5.88 Å². The zero-order valence-corrected chi connectivity index (χ0v) is 13.4. The molecule has 134 valence electrons. The number of anilines is 1. The molecule has 1 aromatic carbocycles. The average molecular weight is 356 g/mol. The lowest BCUT2D eigenvalue weighted by atomic mass is 10.2. The molecule has 0 saturated carbocycles. The fourth-order valence-electron chi connectivity index (χ4n) is 2.47. The zero-order valence-electron chi connectivity index (χ0n) is 13.4. The van der Waals surface area contributed by atoms with Crippen LogP contribution in [0, 0.1) is 6.92 Å². The number of hydrogen-bond donors (Lipinski definition) is 2. The van der Waals surface area contributed by atoms with E-state index in [9.17, 15) is 18.0 Å². The lowest BCUT2D eigenvalue weighted by molar-refractivity contribution is -0.154. The topological polar surface area (TPSA) is 85.1 Å². The average Bonchev–Trinajstić information content (AvgIpc) is 3.00. The van der Waals surface area contributed by atoms with Crippen molar-refractivity contribution < 1.29 is 22.3 Å². The quantitative estimate of drug-likeness (QED) is 0.734. The molecule has 0 atom stereocenters. The van der Waals surface area contributed by atoms with Crippen LogP contribution in [0.3, 0.4) is 0 Å². The highest BCUT2D eigenvalue weighted by Crippen LogP contribution is 2.26. The number of fused-ring (bicyclic) bond motifs is 1. The summed E-state index contributed by atoms with van der Waals surface area (Å²) in [6, 6.07) is 4.98. The van der Waals surface area contributed by atoms with Crippen LogP contribution in [0.4, 0.5) is 18.9 Å². The van der Waals surface area contributed by atoms with E-state index < -0.39 is 18.5 Å². The van der Waals surface area contributed by atoms with Crippen LogP contribution >= 0.6 is 0 Å². The van der Waals surface area contributed by atoms with Crippen LogP contribution < -0.4 is 15.8 Å². The first-order valence-corrected chi connectivity index (χ1v) is 7.32. The summed E-state index contributed by atoms with van der Waals surface area (Å²) in [5.41, 5.74) is 2.68. The van der Waals surface area contributed by atoms with Crippen molar-refractivity contribution in [1.29, 1.82) is 0 Å². The molecule has 2 N–H and O–H groups in total. The van der Waals surface area contributed by atoms with Crippen LogP contribution in [0.1, 0.15) is 11.3 Å². The first-order valence-electron chi connectivity index (χ1n) is 7.32. The van der Waals surface area contributed by atoms with E-state index in [0.717, 1.165) is 0 Å². The number of ether oxygens (including phenoxy) is 1. The molecule has 3 aromatic rings. The van der Waals surface area contributed by atoms with Gasteiger partial charge in [0, 0.05) is 19.3 Å². The molecule has 0 bridgehead atoms. The number of benzene rings is 1. The summed E-state index contributed by atoms with van der Waals surface area (Å²) in [7, 11) is 1.52.